The lowest BCUT2D eigenvalue weighted by molar-refractivity contribution is 0.849. The van der Waals surface area contributed by atoms with Gasteiger partial charge in [0, 0.05) is 37.5 Å². The van der Waals surface area contributed by atoms with E-state index in [-0.39, 0.29) is 0 Å². The van der Waals surface area contributed by atoms with Crippen molar-refractivity contribution in [3.05, 3.63) is 53.0 Å². The molecule has 1 aliphatic rings. The Labute approximate surface area is 131 Å². The van der Waals surface area contributed by atoms with Crippen LogP contribution < -0.4 is 4.90 Å². The number of benzene rings is 1. The fraction of sp³-hybridized carbons (Fsp3) is 0.389. The highest BCUT2D eigenvalue weighted by molar-refractivity contribution is 5.82. The second-order valence-electron chi connectivity index (χ2n) is 6.05. The summed E-state index contributed by atoms with van der Waals surface area (Å²) in [6.07, 6.45) is 4.15. The number of anilines is 1. The molecule has 0 fully saturated rings. The van der Waals surface area contributed by atoms with E-state index < -0.39 is 0 Å². The van der Waals surface area contributed by atoms with E-state index >= 15 is 0 Å². The monoisotopic (exact) mass is 294 g/mol. The Kier molecular flexibility index (Phi) is 4.18. The van der Waals surface area contributed by atoms with E-state index in [1.807, 2.05) is 32.3 Å². The van der Waals surface area contributed by atoms with Gasteiger partial charge in [0.2, 0.25) is 0 Å². The first-order valence-electron chi connectivity index (χ1n) is 7.79. The van der Waals surface area contributed by atoms with E-state index in [1.54, 1.807) is 0 Å². The Bertz CT molecular complexity index is 677. The predicted octanol–water partition coefficient (Wildman–Crippen LogP) is 3.03. The van der Waals surface area contributed by atoms with Crippen molar-refractivity contribution < 1.29 is 0 Å². The van der Waals surface area contributed by atoms with Crippen LogP contribution in [0, 0.1) is 5.41 Å². The molecule has 22 heavy (non-hydrogen) atoms. The molecule has 0 bridgehead atoms. The highest BCUT2D eigenvalue weighted by Crippen LogP contribution is 2.26. The summed E-state index contributed by atoms with van der Waals surface area (Å²) >= 11 is 0. The zero-order valence-electron chi connectivity index (χ0n) is 13.3. The molecule has 0 saturated carbocycles. The standard InChI is InChI=1S/C18H22N4/c1-22(2)18-15-10-8-14(19)9-11-16(15)20-17(21-18)12-13-6-4-3-5-7-13/h3-7,19H,8-12H2,1-2H3. The summed E-state index contributed by atoms with van der Waals surface area (Å²) in [6, 6.07) is 10.3. The van der Waals surface area contributed by atoms with Crippen LogP contribution in [0.3, 0.4) is 0 Å². The fourth-order valence-electron chi connectivity index (χ4n) is 2.93. The van der Waals surface area contributed by atoms with Crippen molar-refractivity contribution in [3.63, 3.8) is 0 Å². The molecule has 4 nitrogen and oxygen atoms in total. The average molecular weight is 294 g/mol. The van der Waals surface area contributed by atoms with Gasteiger partial charge in [0.05, 0.1) is 0 Å². The molecule has 0 spiro atoms. The van der Waals surface area contributed by atoms with Gasteiger partial charge in [-0.15, -0.1) is 0 Å². The second-order valence-corrected chi connectivity index (χ2v) is 6.05. The van der Waals surface area contributed by atoms with Gasteiger partial charge < -0.3 is 10.3 Å². The maximum Gasteiger partial charge on any atom is 0.135 e. The van der Waals surface area contributed by atoms with Crippen molar-refractivity contribution in [1.82, 2.24) is 9.97 Å². The number of fused-ring (bicyclic) bond motifs is 1. The zero-order valence-corrected chi connectivity index (χ0v) is 13.3. The molecule has 1 heterocycles. The van der Waals surface area contributed by atoms with Crippen LogP contribution in [-0.2, 0) is 19.3 Å². The molecule has 1 aromatic carbocycles. The summed E-state index contributed by atoms with van der Waals surface area (Å²) < 4.78 is 0. The first-order valence-corrected chi connectivity index (χ1v) is 7.79. The molecule has 0 radical (unpaired) electrons. The van der Waals surface area contributed by atoms with Crippen molar-refractivity contribution in [2.45, 2.75) is 32.1 Å². The summed E-state index contributed by atoms with van der Waals surface area (Å²) in [4.78, 5) is 11.7. The average Bonchev–Trinajstić information content (AvgIpc) is 2.70. The third-order valence-electron chi connectivity index (χ3n) is 4.09. The number of hydrogen-bond acceptors (Lipinski definition) is 4. The largest absolute Gasteiger partial charge is 0.362 e. The van der Waals surface area contributed by atoms with E-state index in [0.29, 0.717) is 0 Å². The van der Waals surface area contributed by atoms with E-state index in [1.165, 1.54) is 11.1 Å². The van der Waals surface area contributed by atoms with Gasteiger partial charge in [0.1, 0.15) is 11.6 Å². The molecular weight excluding hydrogens is 272 g/mol. The molecule has 1 aromatic heterocycles. The first-order chi connectivity index (χ1) is 10.6. The molecule has 0 atom stereocenters. The summed E-state index contributed by atoms with van der Waals surface area (Å²) in [6.45, 7) is 0. The molecule has 1 aliphatic carbocycles. The van der Waals surface area contributed by atoms with Crippen LogP contribution >= 0.6 is 0 Å². The molecule has 4 heteroatoms. The zero-order chi connectivity index (χ0) is 15.5. The van der Waals surface area contributed by atoms with Gasteiger partial charge in [-0.2, -0.15) is 0 Å². The number of rotatable bonds is 3. The molecular formula is C18H22N4. The summed E-state index contributed by atoms with van der Waals surface area (Å²) in [5.74, 6) is 1.90. The quantitative estimate of drug-likeness (QED) is 0.885. The molecule has 0 saturated heterocycles. The van der Waals surface area contributed by atoms with Gasteiger partial charge in [-0.05, 0) is 31.2 Å². The SMILES string of the molecule is CN(C)c1nc(Cc2ccccc2)nc2c1CCC(=N)CC2. The van der Waals surface area contributed by atoms with Crippen molar-refractivity contribution >= 4 is 11.5 Å². The van der Waals surface area contributed by atoms with Crippen LogP contribution in [0.15, 0.2) is 30.3 Å². The van der Waals surface area contributed by atoms with Crippen molar-refractivity contribution in [2.24, 2.45) is 0 Å². The van der Waals surface area contributed by atoms with E-state index in [9.17, 15) is 0 Å². The second kappa shape index (κ2) is 6.26. The Hall–Kier alpha value is -2.23. The normalized spacial score (nSPS) is 14.4. The van der Waals surface area contributed by atoms with Crippen molar-refractivity contribution in [1.29, 1.82) is 5.41 Å². The third kappa shape index (κ3) is 3.16. The number of nitrogens with one attached hydrogen (secondary N) is 1. The van der Waals surface area contributed by atoms with Gasteiger partial charge in [0.15, 0.2) is 0 Å². The highest BCUT2D eigenvalue weighted by atomic mass is 15.2. The highest BCUT2D eigenvalue weighted by Gasteiger charge is 2.19. The number of aryl methyl sites for hydroxylation is 1. The number of nitrogens with zero attached hydrogens (tertiary/aromatic N) is 3. The number of aromatic nitrogens is 2. The Morgan fingerprint density at radius 3 is 2.45 bits per heavy atom. The summed E-state index contributed by atoms with van der Waals surface area (Å²) in [5.41, 5.74) is 4.41. The maximum atomic E-state index is 7.95. The topological polar surface area (TPSA) is 52.9 Å². The van der Waals surface area contributed by atoms with Gasteiger partial charge in [-0.1, -0.05) is 30.3 Å². The number of hydrogen-bond donors (Lipinski definition) is 1. The van der Waals surface area contributed by atoms with Crippen molar-refractivity contribution in [2.75, 3.05) is 19.0 Å². The van der Waals surface area contributed by atoms with Gasteiger partial charge >= 0.3 is 0 Å². The van der Waals surface area contributed by atoms with Crippen LogP contribution in [0.25, 0.3) is 0 Å². The molecule has 114 valence electrons. The lowest BCUT2D eigenvalue weighted by atomic mass is 10.1. The van der Waals surface area contributed by atoms with Gasteiger partial charge in [-0.3, -0.25) is 0 Å². The van der Waals surface area contributed by atoms with Crippen LogP contribution in [0.1, 0.15) is 35.5 Å². The van der Waals surface area contributed by atoms with Gasteiger partial charge in [-0.25, -0.2) is 9.97 Å². The van der Waals surface area contributed by atoms with E-state index in [0.717, 1.165) is 55.2 Å². The summed E-state index contributed by atoms with van der Waals surface area (Å²) in [7, 11) is 4.07. The van der Waals surface area contributed by atoms with Crippen LogP contribution in [-0.4, -0.2) is 29.8 Å². The first kappa shape index (κ1) is 14.7. The maximum absolute atomic E-state index is 7.95. The molecule has 3 rings (SSSR count). The van der Waals surface area contributed by atoms with Crippen LogP contribution in [0.2, 0.25) is 0 Å². The Morgan fingerprint density at radius 2 is 1.73 bits per heavy atom. The summed E-state index contributed by atoms with van der Waals surface area (Å²) in [5, 5.41) is 7.95. The smallest absolute Gasteiger partial charge is 0.135 e. The lowest BCUT2D eigenvalue weighted by Crippen LogP contribution is -2.17. The molecule has 1 N–H and O–H groups in total. The van der Waals surface area contributed by atoms with Crippen LogP contribution in [0.4, 0.5) is 5.82 Å². The predicted molar refractivity (Wildman–Crippen MR) is 90.0 cm³/mol. The molecule has 2 aromatic rings. The lowest BCUT2D eigenvalue weighted by Gasteiger charge is -2.19. The van der Waals surface area contributed by atoms with Crippen molar-refractivity contribution in [3.8, 4) is 0 Å². The Morgan fingerprint density at radius 1 is 1.00 bits per heavy atom. The van der Waals surface area contributed by atoms with E-state index in [2.05, 4.69) is 17.0 Å². The third-order valence-corrected chi connectivity index (χ3v) is 4.09. The van der Waals surface area contributed by atoms with Gasteiger partial charge in [0.25, 0.3) is 0 Å². The molecule has 0 unspecified atom stereocenters. The minimum absolute atomic E-state index is 0.756. The minimum Gasteiger partial charge on any atom is -0.362 e. The fourth-order valence-corrected chi connectivity index (χ4v) is 2.93. The minimum atomic E-state index is 0.756. The van der Waals surface area contributed by atoms with Crippen LogP contribution in [0.5, 0.6) is 0 Å². The Balaban J connectivity index is 1.99. The van der Waals surface area contributed by atoms with E-state index in [4.69, 9.17) is 15.4 Å². The molecule has 0 amide bonds. The molecule has 0 aliphatic heterocycles.